The quantitative estimate of drug-likeness (QED) is 0.773. The molecule has 1 amide bonds. The Morgan fingerprint density at radius 2 is 1.86 bits per heavy atom. The summed E-state index contributed by atoms with van der Waals surface area (Å²) in [5.74, 6) is -1.03. The molecule has 4 nitrogen and oxygen atoms in total. The normalized spacial score (nSPS) is 10.4. The third-order valence-electron chi connectivity index (χ3n) is 3.08. The van der Waals surface area contributed by atoms with Crippen molar-refractivity contribution in [1.29, 1.82) is 0 Å². The van der Waals surface area contributed by atoms with E-state index in [-0.39, 0.29) is 5.56 Å². The number of thiazole rings is 1. The molecule has 0 saturated carbocycles. The molecule has 2 aromatic carbocycles. The van der Waals surface area contributed by atoms with Gasteiger partial charge in [0.25, 0.3) is 5.91 Å². The first-order valence-electron chi connectivity index (χ1n) is 6.51. The Labute approximate surface area is 130 Å². The largest absolute Gasteiger partial charge is 0.375 e. The van der Waals surface area contributed by atoms with Gasteiger partial charge in [0.05, 0.1) is 11.3 Å². The second kappa shape index (κ2) is 5.95. The van der Waals surface area contributed by atoms with E-state index >= 15 is 0 Å². The number of amides is 1. The van der Waals surface area contributed by atoms with E-state index in [1.54, 1.807) is 24.3 Å². The molecule has 3 N–H and O–H groups in total. The second-order valence-electron chi connectivity index (χ2n) is 4.58. The number of hydrogen-bond donors (Lipinski definition) is 2. The number of nitrogens with one attached hydrogen (secondary N) is 1. The standard InChI is InChI=1S/C16H12FN3OS/c17-13-4-2-1-3-12(13)15(21)19-11-7-5-10(6-8-11)14-9-22-16(18)20-14/h1-9H,(H2,18,20)(H,19,21). The molecule has 0 unspecified atom stereocenters. The summed E-state index contributed by atoms with van der Waals surface area (Å²) in [5.41, 5.74) is 7.89. The van der Waals surface area contributed by atoms with E-state index in [4.69, 9.17) is 5.73 Å². The van der Waals surface area contributed by atoms with Crippen LogP contribution in [0.1, 0.15) is 10.4 Å². The predicted octanol–water partition coefficient (Wildman–Crippen LogP) is 3.78. The summed E-state index contributed by atoms with van der Waals surface area (Å²) >= 11 is 1.37. The number of halogens is 1. The summed E-state index contributed by atoms with van der Waals surface area (Å²) in [4.78, 5) is 16.2. The van der Waals surface area contributed by atoms with E-state index in [2.05, 4.69) is 10.3 Å². The fourth-order valence-corrected chi connectivity index (χ4v) is 2.56. The average molecular weight is 313 g/mol. The zero-order valence-electron chi connectivity index (χ0n) is 11.4. The van der Waals surface area contributed by atoms with Gasteiger partial charge in [-0.1, -0.05) is 24.3 Å². The fraction of sp³-hybridized carbons (Fsp3) is 0. The summed E-state index contributed by atoms with van der Waals surface area (Å²) in [5, 5.41) is 5.03. The molecule has 110 valence electrons. The molecular formula is C16H12FN3OS. The first kappa shape index (κ1) is 14.2. The number of nitrogens with two attached hydrogens (primary N) is 1. The van der Waals surface area contributed by atoms with Gasteiger partial charge in [-0.2, -0.15) is 0 Å². The van der Waals surface area contributed by atoms with Crippen molar-refractivity contribution >= 4 is 28.1 Å². The van der Waals surface area contributed by atoms with Crippen molar-refractivity contribution in [2.75, 3.05) is 11.1 Å². The van der Waals surface area contributed by atoms with Gasteiger partial charge in [-0.15, -0.1) is 11.3 Å². The highest BCUT2D eigenvalue weighted by molar-refractivity contribution is 7.13. The Morgan fingerprint density at radius 3 is 2.50 bits per heavy atom. The summed E-state index contributed by atoms with van der Waals surface area (Å²) in [7, 11) is 0. The van der Waals surface area contributed by atoms with Crippen LogP contribution in [0.5, 0.6) is 0 Å². The molecule has 22 heavy (non-hydrogen) atoms. The monoisotopic (exact) mass is 313 g/mol. The van der Waals surface area contributed by atoms with Gasteiger partial charge < -0.3 is 11.1 Å². The van der Waals surface area contributed by atoms with E-state index in [0.29, 0.717) is 10.8 Å². The number of rotatable bonds is 3. The van der Waals surface area contributed by atoms with E-state index in [1.807, 2.05) is 17.5 Å². The molecule has 0 fully saturated rings. The molecule has 3 aromatic rings. The summed E-state index contributed by atoms with van der Waals surface area (Å²) in [6.45, 7) is 0. The van der Waals surface area contributed by atoms with Crippen molar-refractivity contribution in [1.82, 2.24) is 4.98 Å². The minimum atomic E-state index is -0.547. The van der Waals surface area contributed by atoms with Gasteiger partial charge in [-0.25, -0.2) is 9.37 Å². The van der Waals surface area contributed by atoms with Crippen molar-refractivity contribution in [3.63, 3.8) is 0 Å². The van der Waals surface area contributed by atoms with Crippen molar-refractivity contribution in [3.8, 4) is 11.3 Å². The maximum atomic E-state index is 13.6. The summed E-state index contributed by atoms with van der Waals surface area (Å²) < 4.78 is 13.6. The van der Waals surface area contributed by atoms with Crippen LogP contribution in [0, 0.1) is 5.82 Å². The van der Waals surface area contributed by atoms with Gasteiger partial charge in [0, 0.05) is 16.6 Å². The number of anilines is 2. The lowest BCUT2D eigenvalue weighted by molar-refractivity contribution is 0.102. The highest BCUT2D eigenvalue weighted by Gasteiger charge is 2.11. The third kappa shape index (κ3) is 2.96. The lowest BCUT2D eigenvalue weighted by atomic mass is 10.1. The number of hydrogen-bond acceptors (Lipinski definition) is 4. The number of carbonyl (C=O) groups is 1. The van der Waals surface area contributed by atoms with Crippen LogP contribution in [0.3, 0.4) is 0 Å². The number of carbonyl (C=O) groups excluding carboxylic acids is 1. The number of benzene rings is 2. The molecule has 0 atom stereocenters. The first-order valence-corrected chi connectivity index (χ1v) is 7.39. The maximum Gasteiger partial charge on any atom is 0.258 e. The van der Waals surface area contributed by atoms with Crippen LogP contribution < -0.4 is 11.1 Å². The van der Waals surface area contributed by atoms with E-state index < -0.39 is 11.7 Å². The van der Waals surface area contributed by atoms with Gasteiger partial charge in [0.2, 0.25) is 0 Å². The molecule has 1 heterocycles. The minimum absolute atomic E-state index is 0.0128. The molecule has 0 radical (unpaired) electrons. The predicted molar refractivity (Wildman–Crippen MR) is 86.3 cm³/mol. The van der Waals surface area contributed by atoms with Crippen LogP contribution in [0.15, 0.2) is 53.9 Å². The number of aromatic nitrogens is 1. The topological polar surface area (TPSA) is 68.0 Å². The molecule has 0 saturated heterocycles. The highest BCUT2D eigenvalue weighted by Crippen LogP contribution is 2.24. The van der Waals surface area contributed by atoms with E-state index in [1.165, 1.54) is 23.5 Å². The zero-order valence-corrected chi connectivity index (χ0v) is 12.2. The Morgan fingerprint density at radius 1 is 1.14 bits per heavy atom. The molecule has 0 aliphatic heterocycles. The van der Waals surface area contributed by atoms with Gasteiger partial charge >= 0.3 is 0 Å². The SMILES string of the molecule is Nc1nc(-c2ccc(NC(=O)c3ccccc3F)cc2)cs1. The maximum absolute atomic E-state index is 13.6. The molecule has 3 rings (SSSR count). The van der Waals surface area contributed by atoms with Crippen LogP contribution in [0.2, 0.25) is 0 Å². The fourth-order valence-electron chi connectivity index (χ4n) is 1.99. The first-order chi connectivity index (χ1) is 10.6. The Kier molecular flexibility index (Phi) is 3.84. The van der Waals surface area contributed by atoms with Gasteiger partial charge in [0.15, 0.2) is 5.13 Å². The van der Waals surface area contributed by atoms with Gasteiger partial charge in [-0.05, 0) is 24.3 Å². The summed E-state index contributed by atoms with van der Waals surface area (Å²) in [6, 6.07) is 13.0. The second-order valence-corrected chi connectivity index (χ2v) is 5.47. The van der Waals surface area contributed by atoms with Crippen molar-refractivity contribution in [2.45, 2.75) is 0 Å². The van der Waals surface area contributed by atoms with Crippen LogP contribution in [-0.4, -0.2) is 10.9 Å². The Hall–Kier alpha value is -2.73. The molecule has 0 aliphatic carbocycles. The van der Waals surface area contributed by atoms with Crippen LogP contribution in [0.4, 0.5) is 15.2 Å². The van der Waals surface area contributed by atoms with Gasteiger partial charge in [0.1, 0.15) is 5.82 Å². The molecule has 0 aliphatic rings. The molecular weight excluding hydrogens is 301 g/mol. The lowest BCUT2D eigenvalue weighted by Gasteiger charge is -2.06. The smallest absolute Gasteiger partial charge is 0.258 e. The van der Waals surface area contributed by atoms with Crippen LogP contribution in [0.25, 0.3) is 11.3 Å². The molecule has 0 spiro atoms. The average Bonchev–Trinajstić information content (AvgIpc) is 2.95. The van der Waals surface area contributed by atoms with Crippen molar-refractivity contribution in [2.24, 2.45) is 0 Å². The molecule has 0 bridgehead atoms. The Bertz CT molecular complexity index is 814. The van der Waals surface area contributed by atoms with Gasteiger partial charge in [-0.3, -0.25) is 4.79 Å². The number of nitrogen functional groups attached to an aromatic ring is 1. The van der Waals surface area contributed by atoms with E-state index in [0.717, 1.165) is 11.3 Å². The lowest BCUT2D eigenvalue weighted by Crippen LogP contribution is -2.13. The molecule has 1 aromatic heterocycles. The van der Waals surface area contributed by atoms with Crippen molar-refractivity contribution < 1.29 is 9.18 Å². The van der Waals surface area contributed by atoms with Crippen molar-refractivity contribution in [3.05, 3.63) is 65.3 Å². The number of nitrogens with zero attached hydrogens (tertiary/aromatic N) is 1. The third-order valence-corrected chi connectivity index (χ3v) is 3.75. The van der Waals surface area contributed by atoms with E-state index in [9.17, 15) is 9.18 Å². The minimum Gasteiger partial charge on any atom is -0.375 e. The summed E-state index contributed by atoms with van der Waals surface area (Å²) in [6.07, 6.45) is 0. The Balaban J connectivity index is 1.76. The van der Waals surface area contributed by atoms with Crippen LogP contribution in [-0.2, 0) is 0 Å². The van der Waals surface area contributed by atoms with Crippen LogP contribution >= 0.6 is 11.3 Å². The highest BCUT2D eigenvalue weighted by atomic mass is 32.1. The zero-order chi connectivity index (χ0) is 15.5. The molecule has 6 heteroatoms.